The Morgan fingerprint density at radius 3 is 2.44 bits per heavy atom. The number of hydrogen-bond acceptors (Lipinski definition) is 2. The average molecular weight is 250 g/mol. The molecular weight excluding hydrogens is 238 g/mol. The van der Waals surface area contributed by atoms with Crippen LogP contribution in [0.25, 0.3) is 0 Å². The van der Waals surface area contributed by atoms with Crippen LogP contribution in [0.2, 0.25) is 5.02 Å². The van der Waals surface area contributed by atoms with Gasteiger partial charge in [-0.05, 0) is 30.7 Å². The molecule has 0 unspecified atom stereocenters. The standard InChI is InChI=1S/C13H12ClNS/c1-9-5-4-8-12(13(9)15)16-11-7-3-2-6-10(11)14/h2-8H,15H2,1H3. The third-order valence-corrected chi connectivity index (χ3v) is 3.93. The van der Waals surface area contributed by atoms with E-state index in [1.165, 1.54) is 0 Å². The van der Waals surface area contributed by atoms with Crippen LogP contribution in [0, 0.1) is 6.92 Å². The number of rotatable bonds is 2. The third-order valence-electron chi connectivity index (χ3n) is 2.34. The van der Waals surface area contributed by atoms with E-state index < -0.39 is 0 Å². The number of anilines is 1. The first-order valence-electron chi connectivity index (χ1n) is 4.96. The minimum atomic E-state index is 0.758. The highest BCUT2D eigenvalue weighted by molar-refractivity contribution is 7.99. The molecule has 0 bridgehead atoms. The van der Waals surface area contributed by atoms with Crippen LogP contribution in [0.4, 0.5) is 5.69 Å². The molecule has 0 aliphatic rings. The van der Waals surface area contributed by atoms with Gasteiger partial charge < -0.3 is 5.73 Å². The van der Waals surface area contributed by atoms with Crippen LogP contribution in [0.3, 0.4) is 0 Å². The number of halogens is 1. The molecule has 2 N–H and O–H groups in total. The lowest BCUT2D eigenvalue weighted by Gasteiger charge is -2.08. The number of nitrogens with two attached hydrogens (primary N) is 1. The molecule has 0 aromatic heterocycles. The summed E-state index contributed by atoms with van der Waals surface area (Å²) in [5.41, 5.74) is 7.94. The highest BCUT2D eigenvalue weighted by atomic mass is 35.5. The maximum Gasteiger partial charge on any atom is 0.0545 e. The fourth-order valence-electron chi connectivity index (χ4n) is 1.39. The molecule has 3 heteroatoms. The molecule has 0 heterocycles. The van der Waals surface area contributed by atoms with Gasteiger partial charge in [-0.2, -0.15) is 0 Å². The van der Waals surface area contributed by atoms with E-state index in [0.717, 1.165) is 26.1 Å². The van der Waals surface area contributed by atoms with Gasteiger partial charge >= 0.3 is 0 Å². The molecule has 0 fully saturated rings. The van der Waals surface area contributed by atoms with Crippen molar-refractivity contribution >= 4 is 29.1 Å². The molecule has 0 spiro atoms. The number of hydrogen-bond donors (Lipinski definition) is 1. The molecule has 0 saturated heterocycles. The van der Waals surface area contributed by atoms with Gasteiger partial charge in [0.15, 0.2) is 0 Å². The summed E-state index contributed by atoms with van der Waals surface area (Å²) >= 11 is 7.70. The second kappa shape index (κ2) is 4.81. The zero-order chi connectivity index (χ0) is 11.5. The zero-order valence-corrected chi connectivity index (χ0v) is 10.5. The summed E-state index contributed by atoms with van der Waals surface area (Å²) in [5.74, 6) is 0. The minimum absolute atomic E-state index is 0.758. The molecular formula is C13H12ClNS. The van der Waals surface area contributed by atoms with Gasteiger partial charge in [-0.3, -0.25) is 0 Å². The molecule has 2 aromatic carbocycles. The van der Waals surface area contributed by atoms with E-state index in [1.807, 2.05) is 49.4 Å². The fraction of sp³-hybridized carbons (Fsp3) is 0.0769. The van der Waals surface area contributed by atoms with E-state index in [-0.39, 0.29) is 0 Å². The molecule has 16 heavy (non-hydrogen) atoms. The van der Waals surface area contributed by atoms with Crippen molar-refractivity contribution in [1.82, 2.24) is 0 Å². The number of aryl methyl sites for hydroxylation is 1. The SMILES string of the molecule is Cc1cccc(Sc2ccccc2Cl)c1N. The number of para-hydroxylation sites is 1. The van der Waals surface area contributed by atoms with E-state index in [2.05, 4.69) is 0 Å². The Labute approximate surface area is 105 Å². The molecule has 0 aliphatic heterocycles. The first-order chi connectivity index (χ1) is 7.68. The quantitative estimate of drug-likeness (QED) is 0.800. The van der Waals surface area contributed by atoms with Gasteiger partial charge in [-0.1, -0.05) is 47.6 Å². The van der Waals surface area contributed by atoms with Crippen LogP contribution in [-0.2, 0) is 0 Å². The lowest BCUT2D eigenvalue weighted by atomic mass is 10.2. The molecule has 0 amide bonds. The van der Waals surface area contributed by atoms with E-state index in [0.29, 0.717) is 0 Å². The van der Waals surface area contributed by atoms with Crippen molar-refractivity contribution in [2.24, 2.45) is 0 Å². The van der Waals surface area contributed by atoms with Crippen LogP contribution >= 0.6 is 23.4 Å². The van der Waals surface area contributed by atoms with E-state index in [1.54, 1.807) is 11.8 Å². The fourth-order valence-corrected chi connectivity index (χ4v) is 2.61. The molecule has 0 atom stereocenters. The Kier molecular flexibility index (Phi) is 3.42. The molecule has 0 saturated carbocycles. The highest BCUT2D eigenvalue weighted by Crippen LogP contribution is 2.36. The summed E-state index contributed by atoms with van der Waals surface area (Å²) < 4.78 is 0. The van der Waals surface area contributed by atoms with Crippen molar-refractivity contribution in [3.63, 3.8) is 0 Å². The lowest BCUT2D eigenvalue weighted by molar-refractivity contribution is 1.35. The molecule has 1 nitrogen and oxygen atoms in total. The van der Waals surface area contributed by atoms with E-state index >= 15 is 0 Å². The zero-order valence-electron chi connectivity index (χ0n) is 8.91. The topological polar surface area (TPSA) is 26.0 Å². The maximum atomic E-state index is 6.10. The van der Waals surface area contributed by atoms with Gasteiger partial charge in [-0.15, -0.1) is 0 Å². The Bertz CT molecular complexity index is 511. The normalized spacial score (nSPS) is 10.4. The molecule has 82 valence electrons. The van der Waals surface area contributed by atoms with Gasteiger partial charge in [0, 0.05) is 15.5 Å². The maximum absolute atomic E-state index is 6.10. The van der Waals surface area contributed by atoms with Crippen LogP contribution in [0.1, 0.15) is 5.56 Å². The van der Waals surface area contributed by atoms with Crippen molar-refractivity contribution in [1.29, 1.82) is 0 Å². The third kappa shape index (κ3) is 2.34. The summed E-state index contributed by atoms with van der Waals surface area (Å²) in [6, 6.07) is 13.8. The van der Waals surface area contributed by atoms with Crippen molar-refractivity contribution in [2.45, 2.75) is 16.7 Å². The molecule has 0 aliphatic carbocycles. The highest BCUT2D eigenvalue weighted by Gasteiger charge is 2.05. The second-order valence-corrected chi connectivity index (χ2v) is 5.01. The van der Waals surface area contributed by atoms with Crippen molar-refractivity contribution in [3.8, 4) is 0 Å². The van der Waals surface area contributed by atoms with Crippen LogP contribution in [0.5, 0.6) is 0 Å². The summed E-state index contributed by atoms with van der Waals surface area (Å²) in [7, 11) is 0. The summed E-state index contributed by atoms with van der Waals surface area (Å²) in [5, 5.41) is 0.758. The Morgan fingerprint density at radius 2 is 1.69 bits per heavy atom. The Balaban J connectivity index is 2.35. The van der Waals surface area contributed by atoms with Crippen LogP contribution in [0.15, 0.2) is 52.3 Å². The number of nitrogen functional groups attached to an aromatic ring is 1. The van der Waals surface area contributed by atoms with Crippen LogP contribution < -0.4 is 5.73 Å². The van der Waals surface area contributed by atoms with E-state index in [9.17, 15) is 0 Å². The second-order valence-electron chi connectivity index (χ2n) is 3.52. The Morgan fingerprint density at radius 1 is 1.00 bits per heavy atom. The lowest BCUT2D eigenvalue weighted by Crippen LogP contribution is -1.91. The summed E-state index contributed by atoms with van der Waals surface area (Å²) in [4.78, 5) is 2.08. The Hall–Kier alpha value is -1.12. The van der Waals surface area contributed by atoms with Gasteiger partial charge in [-0.25, -0.2) is 0 Å². The molecule has 0 radical (unpaired) electrons. The predicted molar refractivity (Wildman–Crippen MR) is 71.2 cm³/mol. The van der Waals surface area contributed by atoms with Crippen molar-refractivity contribution < 1.29 is 0 Å². The summed E-state index contributed by atoms with van der Waals surface area (Å²) in [6.45, 7) is 2.01. The summed E-state index contributed by atoms with van der Waals surface area (Å²) in [6.07, 6.45) is 0. The molecule has 2 rings (SSSR count). The van der Waals surface area contributed by atoms with Crippen LogP contribution in [-0.4, -0.2) is 0 Å². The first kappa shape index (κ1) is 11.4. The van der Waals surface area contributed by atoms with Crippen molar-refractivity contribution in [3.05, 3.63) is 53.1 Å². The van der Waals surface area contributed by atoms with E-state index in [4.69, 9.17) is 17.3 Å². The minimum Gasteiger partial charge on any atom is -0.398 e. The van der Waals surface area contributed by atoms with Crippen molar-refractivity contribution in [2.75, 3.05) is 5.73 Å². The van der Waals surface area contributed by atoms with Gasteiger partial charge in [0.05, 0.1) is 5.02 Å². The monoisotopic (exact) mass is 249 g/mol. The van der Waals surface area contributed by atoms with Gasteiger partial charge in [0.2, 0.25) is 0 Å². The molecule has 2 aromatic rings. The predicted octanol–water partition coefficient (Wildman–Crippen LogP) is 4.38. The van der Waals surface area contributed by atoms with Gasteiger partial charge in [0.25, 0.3) is 0 Å². The average Bonchev–Trinajstić information content (AvgIpc) is 2.28. The smallest absolute Gasteiger partial charge is 0.0545 e. The van der Waals surface area contributed by atoms with Gasteiger partial charge in [0.1, 0.15) is 0 Å². The largest absolute Gasteiger partial charge is 0.398 e. The first-order valence-corrected chi connectivity index (χ1v) is 6.15. The number of benzene rings is 2.